The van der Waals surface area contributed by atoms with E-state index in [0.29, 0.717) is 25.4 Å². The molecule has 6 heteroatoms. The summed E-state index contributed by atoms with van der Waals surface area (Å²) in [5.41, 5.74) is 3.21. The Morgan fingerprint density at radius 2 is 2.04 bits per heavy atom. The van der Waals surface area contributed by atoms with Crippen molar-refractivity contribution in [3.05, 3.63) is 41.7 Å². The highest BCUT2D eigenvalue weighted by atomic mass is 16.5. The van der Waals surface area contributed by atoms with Crippen LogP contribution >= 0.6 is 0 Å². The van der Waals surface area contributed by atoms with E-state index in [1.165, 1.54) is 0 Å². The predicted octanol–water partition coefficient (Wildman–Crippen LogP) is 3.44. The van der Waals surface area contributed by atoms with E-state index in [9.17, 15) is 9.59 Å². The molecule has 1 aromatic carbocycles. The number of aromatic amines is 1. The fourth-order valence-corrected chi connectivity index (χ4v) is 3.77. The number of hydrogen-bond donors (Lipinski definition) is 1. The molecule has 0 bridgehead atoms. The van der Waals surface area contributed by atoms with Gasteiger partial charge in [0.05, 0.1) is 23.6 Å². The van der Waals surface area contributed by atoms with Gasteiger partial charge in [-0.25, -0.2) is 4.98 Å². The van der Waals surface area contributed by atoms with E-state index < -0.39 is 0 Å². The molecule has 4 rings (SSSR count). The van der Waals surface area contributed by atoms with Gasteiger partial charge in [-0.15, -0.1) is 0 Å². The van der Waals surface area contributed by atoms with Gasteiger partial charge in [-0.2, -0.15) is 0 Å². The summed E-state index contributed by atoms with van der Waals surface area (Å²) >= 11 is 0. The van der Waals surface area contributed by atoms with Crippen molar-refractivity contribution < 1.29 is 14.3 Å². The summed E-state index contributed by atoms with van der Waals surface area (Å²) in [5, 5.41) is 2.00. The lowest BCUT2D eigenvalue weighted by molar-refractivity contribution is -0.149. The van der Waals surface area contributed by atoms with Crippen LogP contribution in [0, 0.1) is 12.8 Å². The Morgan fingerprint density at radius 1 is 1.26 bits per heavy atom. The Labute approximate surface area is 157 Å². The molecule has 0 radical (unpaired) electrons. The van der Waals surface area contributed by atoms with Gasteiger partial charge < -0.3 is 14.6 Å². The number of H-pyrrole nitrogens is 1. The average molecular weight is 365 g/mol. The standard InChI is InChI=1S/C21H23N3O3/c1-3-27-21(26)16-5-4-10-24(12-16)20(25)17-11-15-9-8-14-7-6-13(2)22-18(14)19(15)23-17/h6-9,11,16,22H,3-5,10,12H2,1-2H3/t16-/m1/s1. The number of aromatic nitrogens is 2. The molecule has 1 aliphatic rings. The summed E-state index contributed by atoms with van der Waals surface area (Å²) < 4.78 is 5.13. The molecule has 1 saturated heterocycles. The number of aryl methyl sites for hydroxylation is 1. The summed E-state index contributed by atoms with van der Waals surface area (Å²) in [6, 6.07) is 9.92. The lowest BCUT2D eigenvalue weighted by Crippen LogP contribution is -2.42. The van der Waals surface area contributed by atoms with Crippen LogP contribution in [0.3, 0.4) is 0 Å². The maximum atomic E-state index is 13.0. The zero-order valence-corrected chi connectivity index (χ0v) is 15.6. The number of nitrogens with zero attached hydrogens (tertiary/aromatic N) is 2. The lowest BCUT2D eigenvalue weighted by atomic mass is 9.98. The zero-order chi connectivity index (χ0) is 19.0. The minimum Gasteiger partial charge on any atom is -0.466 e. The van der Waals surface area contributed by atoms with Crippen LogP contribution in [-0.2, 0) is 9.53 Å². The number of carbonyl (C=O) groups excluding carboxylic acids is 2. The fraction of sp³-hybridized carbons (Fsp3) is 0.381. The molecule has 3 heterocycles. The minimum atomic E-state index is -0.246. The van der Waals surface area contributed by atoms with Gasteiger partial charge in [0.25, 0.3) is 5.91 Å². The molecule has 1 fully saturated rings. The molecule has 1 atom stereocenters. The van der Waals surface area contributed by atoms with Gasteiger partial charge in [-0.1, -0.05) is 18.2 Å². The van der Waals surface area contributed by atoms with E-state index in [2.05, 4.69) is 9.97 Å². The third kappa shape index (κ3) is 3.27. The van der Waals surface area contributed by atoms with E-state index in [1.54, 1.807) is 11.8 Å². The van der Waals surface area contributed by atoms with Crippen molar-refractivity contribution in [3.8, 4) is 0 Å². The summed E-state index contributed by atoms with van der Waals surface area (Å²) in [7, 11) is 0. The Balaban J connectivity index is 1.63. The molecular weight excluding hydrogens is 342 g/mol. The minimum absolute atomic E-state index is 0.124. The SMILES string of the molecule is CCOC(=O)[C@@H]1CCCN(C(=O)c2cc3ccc4ccc(C)[nH]c4c3n2)C1. The molecule has 1 aliphatic heterocycles. The first-order chi connectivity index (χ1) is 13.1. The second kappa shape index (κ2) is 7.02. The van der Waals surface area contributed by atoms with Gasteiger partial charge in [-0.3, -0.25) is 9.59 Å². The van der Waals surface area contributed by atoms with Crippen LogP contribution in [0.15, 0.2) is 30.3 Å². The van der Waals surface area contributed by atoms with Crippen LogP contribution in [0.2, 0.25) is 0 Å². The highest BCUT2D eigenvalue weighted by Crippen LogP contribution is 2.26. The summed E-state index contributed by atoms with van der Waals surface area (Å²) in [4.78, 5) is 34.7. The molecule has 2 aromatic heterocycles. The van der Waals surface area contributed by atoms with Gasteiger partial charge in [0, 0.05) is 29.6 Å². The molecule has 0 saturated carbocycles. The summed E-state index contributed by atoms with van der Waals surface area (Å²) in [6.07, 6.45) is 1.56. The van der Waals surface area contributed by atoms with Crippen LogP contribution < -0.4 is 0 Å². The Kier molecular flexibility index (Phi) is 4.56. The number of fused-ring (bicyclic) bond motifs is 3. The van der Waals surface area contributed by atoms with Crippen LogP contribution in [-0.4, -0.2) is 46.4 Å². The van der Waals surface area contributed by atoms with Gasteiger partial charge >= 0.3 is 5.97 Å². The molecule has 1 amide bonds. The van der Waals surface area contributed by atoms with Gasteiger partial charge in [0.2, 0.25) is 0 Å². The summed E-state index contributed by atoms with van der Waals surface area (Å²) in [6.45, 7) is 5.20. The van der Waals surface area contributed by atoms with Gasteiger partial charge in [-0.05, 0) is 38.8 Å². The number of ether oxygens (including phenoxy) is 1. The summed E-state index contributed by atoms with van der Waals surface area (Å²) in [5.74, 6) is -0.587. The van der Waals surface area contributed by atoms with E-state index >= 15 is 0 Å². The molecular formula is C21H23N3O3. The monoisotopic (exact) mass is 365 g/mol. The first kappa shape index (κ1) is 17.5. The van der Waals surface area contributed by atoms with Crippen molar-refractivity contribution in [3.63, 3.8) is 0 Å². The van der Waals surface area contributed by atoms with Crippen molar-refractivity contribution in [2.45, 2.75) is 26.7 Å². The molecule has 140 valence electrons. The largest absolute Gasteiger partial charge is 0.466 e. The molecule has 3 aromatic rings. The number of rotatable bonds is 3. The topological polar surface area (TPSA) is 75.3 Å². The second-order valence-corrected chi connectivity index (χ2v) is 7.09. The molecule has 6 nitrogen and oxygen atoms in total. The van der Waals surface area contributed by atoms with Crippen molar-refractivity contribution in [1.29, 1.82) is 0 Å². The maximum absolute atomic E-state index is 13.0. The Hall–Kier alpha value is -2.89. The van der Waals surface area contributed by atoms with Gasteiger partial charge in [0.1, 0.15) is 5.69 Å². The number of pyridine rings is 1. The molecule has 0 unspecified atom stereocenters. The Morgan fingerprint density at radius 3 is 2.85 bits per heavy atom. The third-order valence-corrected chi connectivity index (χ3v) is 5.15. The highest BCUT2D eigenvalue weighted by molar-refractivity contribution is 6.07. The molecule has 1 N–H and O–H groups in total. The number of piperidine rings is 1. The highest BCUT2D eigenvalue weighted by Gasteiger charge is 2.30. The zero-order valence-electron chi connectivity index (χ0n) is 15.6. The normalized spacial score (nSPS) is 17.4. The Bertz CT molecular complexity index is 1020. The second-order valence-electron chi connectivity index (χ2n) is 7.09. The maximum Gasteiger partial charge on any atom is 0.310 e. The first-order valence-corrected chi connectivity index (χ1v) is 9.42. The number of hydrogen-bond acceptors (Lipinski definition) is 4. The number of benzene rings is 1. The van der Waals surface area contributed by atoms with E-state index in [4.69, 9.17) is 4.74 Å². The average Bonchev–Trinajstić information content (AvgIpc) is 3.12. The number of nitrogens with one attached hydrogen (secondary N) is 1. The third-order valence-electron chi connectivity index (χ3n) is 5.15. The number of amides is 1. The van der Waals surface area contributed by atoms with Crippen molar-refractivity contribution >= 4 is 33.7 Å². The lowest BCUT2D eigenvalue weighted by Gasteiger charge is -2.31. The number of carbonyl (C=O) groups is 2. The van der Waals surface area contributed by atoms with Crippen molar-refractivity contribution in [2.75, 3.05) is 19.7 Å². The van der Waals surface area contributed by atoms with Crippen LogP contribution in [0.5, 0.6) is 0 Å². The van der Waals surface area contributed by atoms with E-state index in [-0.39, 0.29) is 17.8 Å². The number of esters is 1. The predicted molar refractivity (Wildman–Crippen MR) is 104 cm³/mol. The van der Waals surface area contributed by atoms with Crippen LogP contribution in [0.4, 0.5) is 0 Å². The molecule has 0 spiro atoms. The molecule has 27 heavy (non-hydrogen) atoms. The number of likely N-dealkylation sites (tertiary alicyclic amines) is 1. The van der Waals surface area contributed by atoms with Crippen molar-refractivity contribution in [2.24, 2.45) is 5.92 Å². The molecule has 0 aliphatic carbocycles. The van der Waals surface area contributed by atoms with Crippen LogP contribution in [0.1, 0.15) is 35.9 Å². The van der Waals surface area contributed by atoms with Crippen molar-refractivity contribution in [1.82, 2.24) is 14.9 Å². The fourth-order valence-electron chi connectivity index (χ4n) is 3.77. The van der Waals surface area contributed by atoms with E-state index in [1.807, 2.05) is 37.3 Å². The van der Waals surface area contributed by atoms with Crippen LogP contribution in [0.25, 0.3) is 21.8 Å². The van der Waals surface area contributed by atoms with Gasteiger partial charge in [0.15, 0.2) is 0 Å². The first-order valence-electron chi connectivity index (χ1n) is 9.42. The van der Waals surface area contributed by atoms with E-state index in [0.717, 1.165) is 40.3 Å². The quantitative estimate of drug-likeness (QED) is 0.722. The smallest absolute Gasteiger partial charge is 0.310 e.